The van der Waals surface area contributed by atoms with E-state index in [1.54, 1.807) is 7.05 Å². The summed E-state index contributed by atoms with van der Waals surface area (Å²) in [6.07, 6.45) is 7.08. The molecule has 1 heterocycles. The van der Waals surface area contributed by atoms with Crippen LogP contribution in [0.3, 0.4) is 0 Å². The minimum atomic E-state index is -0.344. The van der Waals surface area contributed by atoms with Crippen LogP contribution >= 0.6 is 0 Å². The van der Waals surface area contributed by atoms with Crippen LogP contribution < -0.4 is 9.47 Å². The van der Waals surface area contributed by atoms with Gasteiger partial charge in [-0.3, -0.25) is 0 Å². The van der Waals surface area contributed by atoms with E-state index in [2.05, 4.69) is 210 Å². The smallest absolute Gasteiger partial charge is 0.469 e. The first-order chi connectivity index (χ1) is 28.1. The molecule has 302 valence electrons. The number of aliphatic imine (C=N–C) groups is 1. The fraction of sp³-hybridized carbons (Fsp3) is 0.273. The minimum absolute atomic E-state index is 0. The van der Waals surface area contributed by atoms with Gasteiger partial charge in [-0.05, 0) is 40.3 Å². The quantitative estimate of drug-likeness (QED) is 0.0407. The third-order valence-corrected chi connectivity index (χ3v) is 13.5. The second-order valence-electron chi connectivity index (χ2n) is 18.6. The van der Waals surface area contributed by atoms with Crippen molar-refractivity contribution in [3.05, 3.63) is 179 Å². The van der Waals surface area contributed by atoms with E-state index in [0.717, 1.165) is 55.9 Å². The van der Waals surface area contributed by atoms with E-state index in [9.17, 15) is 0 Å². The molecule has 2 aliphatic carbocycles. The van der Waals surface area contributed by atoms with Crippen LogP contribution in [0.2, 0.25) is 0 Å². The fourth-order valence-corrected chi connectivity index (χ4v) is 11.0. The Bertz CT molecular complexity index is 2850. The van der Waals surface area contributed by atoms with Crippen LogP contribution in [0.4, 0.5) is 11.4 Å². The molecule has 0 N–H and O–H groups in total. The zero-order chi connectivity index (χ0) is 41.6. The summed E-state index contributed by atoms with van der Waals surface area (Å²) in [5.74, 6) is 0. The number of hydrogen-bond donors (Lipinski definition) is 0. The van der Waals surface area contributed by atoms with Gasteiger partial charge in [-0.1, -0.05) is 145 Å². The SMILES string of the molecule is CN=[C-]N(c1ccccc1C)c1cc2c(cc1-c1[c-]cccc1)C(C)(C)C1=C(C(C)(C)c3cc(-c4[c-]cccc4)c(-n4[c-][n+](C)c5ccccc54)cc3C1(C)C)C2(C)C.[Pt+4]. The number of imidazole rings is 1. The van der Waals surface area contributed by atoms with Gasteiger partial charge < -0.3 is 19.0 Å². The Morgan fingerprint density at radius 2 is 1.10 bits per heavy atom. The van der Waals surface area contributed by atoms with Gasteiger partial charge in [-0.25, -0.2) is 0 Å². The number of fused-ring (bicyclic) bond motifs is 3. The molecule has 0 atom stereocenters. The minimum Gasteiger partial charge on any atom is -0.469 e. The van der Waals surface area contributed by atoms with Crippen LogP contribution in [0.15, 0.2) is 137 Å². The molecule has 60 heavy (non-hydrogen) atoms. The molecule has 0 saturated carbocycles. The number of para-hydroxylation sites is 3. The molecule has 4 nitrogen and oxygen atoms in total. The van der Waals surface area contributed by atoms with Crippen molar-refractivity contribution in [3.8, 4) is 27.9 Å². The number of anilines is 2. The summed E-state index contributed by atoms with van der Waals surface area (Å²) in [5.41, 5.74) is 18.0. The van der Waals surface area contributed by atoms with E-state index in [0.29, 0.717) is 0 Å². The Morgan fingerprint density at radius 1 is 0.600 bits per heavy atom. The number of benzene rings is 6. The first-order valence-corrected chi connectivity index (χ1v) is 20.8. The van der Waals surface area contributed by atoms with Gasteiger partial charge in [0.05, 0.1) is 18.1 Å². The number of nitrogens with zero attached hydrogens (tertiary/aromatic N) is 4. The van der Waals surface area contributed by atoms with E-state index >= 15 is 0 Å². The van der Waals surface area contributed by atoms with Gasteiger partial charge in [0.25, 0.3) is 0 Å². The molecule has 5 heteroatoms. The van der Waals surface area contributed by atoms with Crippen LogP contribution in [0.25, 0.3) is 39.0 Å². The fourth-order valence-electron chi connectivity index (χ4n) is 11.0. The van der Waals surface area contributed by atoms with Crippen molar-refractivity contribution in [3.63, 3.8) is 0 Å². The van der Waals surface area contributed by atoms with Gasteiger partial charge >= 0.3 is 21.1 Å². The number of hydrogen-bond acceptors (Lipinski definition) is 1. The van der Waals surface area contributed by atoms with Crippen molar-refractivity contribution >= 4 is 28.7 Å². The van der Waals surface area contributed by atoms with E-state index in [4.69, 9.17) is 0 Å². The molecule has 0 radical (unpaired) electrons. The molecular weight excluding hydrogens is 912 g/mol. The summed E-state index contributed by atoms with van der Waals surface area (Å²) in [7, 11) is 3.88. The van der Waals surface area contributed by atoms with Crippen molar-refractivity contribution in [2.75, 3.05) is 11.9 Å². The van der Waals surface area contributed by atoms with Gasteiger partial charge in [0.1, 0.15) is 0 Å². The van der Waals surface area contributed by atoms with E-state index in [1.165, 1.54) is 33.4 Å². The maximum Gasteiger partial charge on any atom is 4.00 e. The third kappa shape index (κ3) is 6.12. The largest absolute Gasteiger partial charge is 4.00 e. The second-order valence-corrected chi connectivity index (χ2v) is 18.6. The molecule has 0 bridgehead atoms. The second kappa shape index (κ2) is 14.7. The normalized spacial score (nSPS) is 16.9. The molecule has 1 aromatic heterocycles. The maximum absolute atomic E-state index is 4.50. The average molecular weight is 965 g/mol. The van der Waals surface area contributed by atoms with E-state index < -0.39 is 0 Å². The monoisotopic (exact) mass is 964 g/mol. The molecule has 0 unspecified atom stereocenters. The summed E-state index contributed by atoms with van der Waals surface area (Å²) < 4.78 is 4.36. The Labute approximate surface area is 371 Å². The first-order valence-electron chi connectivity index (χ1n) is 20.8. The summed E-state index contributed by atoms with van der Waals surface area (Å²) in [5, 5.41) is 0. The Hall–Kier alpha value is -5.31. The molecule has 7 aromatic rings. The summed E-state index contributed by atoms with van der Waals surface area (Å²) in [6.45, 7) is 21.8. The molecule has 0 amide bonds. The predicted molar refractivity (Wildman–Crippen MR) is 244 cm³/mol. The zero-order valence-corrected chi connectivity index (χ0v) is 38.9. The van der Waals surface area contributed by atoms with Crippen molar-refractivity contribution < 1.29 is 25.6 Å². The number of aromatic nitrogens is 2. The summed E-state index contributed by atoms with van der Waals surface area (Å²) in [4.78, 5) is 6.65. The van der Waals surface area contributed by atoms with Gasteiger partial charge in [-0.2, -0.15) is 5.56 Å². The van der Waals surface area contributed by atoms with Gasteiger partial charge in [-0.15, -0.1) is 77.9 Å². The maximum atomic E-state index is 4.50. The molecule has 0 aliphatic heterocycles. The van der Waals surface area contributed by atoms with Crippen molar-refractivity contribution in [1.29, 1.82) is 0 Å². The molecular formula is C55H53N4Pt+. The predicted octanol–water partition coefficient (Wildman–Crippen LogP) is 12.3. The third-order valence-electron chi connectivity index (χ3n) is 13.5. The average Bonchev–Trinajstić information content (AvgIpc) is 3.56. The van der Waals surface area contributed by atoms with E-state index in [1.807, 2.05) is 24.3 Å². The topological polar surface area (TPSA) is 24.4 Å². The number of allylic oxidation sites excluding steroid dienone is 2. The molecule has 2 aliphatic rings. The standard InChI is InChI=1S/C55H53N4.Pt/c1-36-22-18-19-27-45(36)58(34-56-10)48-32-43-41(30-39(48)37-23-14-12-15-24-37)52(2,3)51-50(54(43,6)7)53(4,5)42-31-40(38-25-16-13-17-26-38)49(33-44(42)55(51,8)9)59-35-57(11)46-28-20-21-29-47(46)59;/h12-23,25,27-33H,1-11H3;/q-3;+4. The van der Waals surface area contributed by atoms with Gasteiger partial charge in [0.2, 0.25) is 6.33 Å². The zero-order valence-electron chi connectivity index (χ0n) is 36.7. The van der Waals surface area contributed by atoms with Crippen molar-refractivity contribution in [2.45, 2.75) is 84.0 Å². The van der Waals surface area contributed by atoms with Crippen LogP contribution in [-0.4, -0.2) is 18.0 Å². The van der Waals surface area contributed by atoms with Crippen LogP contribution in [0, 0.1) is 25.4 Å². The Kier molecular flexibility index (Phi) is 10.1. The molecule has 0 saturated heterocycles. The molecule has 9 rings (SSSR count). The van der Waals surface area contributed by atoms with Crippen LogP contribution in [0.5, 0.6) is 0 Å². The number of rotatable bonds is 6. The summed E-state index contributed by atoms with van der Waals surface area (Å²) in [6, 6.07) is 50.9. The molecule has 0 fully saturated rings. The molecule has 0 spiro atoms. The van der Waals surface area contributed by atoms with Gasteiger partial charge in [0.15, 0.2) is 0 Å². The Balaban J connectivity index is 0.00000499. The van der Waals surface area contributed by atoms with Crippen molar-refractivity contribution in [1.82, 2.24) is 4.57 Å². The Morgan fingerprint density at radius 3 is 1.67 bits per heavy atom. The summed E-state index contributed by atoms with van der Waals surface area (Å²) >= 11 is 0. The first kappa shape index (κ1) is 41.4. The van der Waals surface area contributed by atoms with Gasteiger partial charge in [0, 0.05) is 40.7 Å². The van der Waals surface area contributed by atoms with Crippen molar-refractivity contribution in [2.24, 2.45) is 12.0 Å². The number of aryl methyl sites for hydroxylation is 2. The molecule has 6 aromatic carbocycles. The van der Waals surface area contributed by atoms with Crippen LogP contribution in [-0.2, 0) is 49.8 Å². The van der Waals surface area contributed by atoms with E-state index in [-0.39, 0.29) is 42.7 Å². The van der Waals surface area contributed by atoms with Crippen LogP contribution in [0.1, 0.15) is 83.2 Å².